The van der Waals surface area contributed by atoms with Gasteiger partial charge in [-0.1, -0.05) is 41.4 Å². The Morgan fingerprint density at radius 1 is 1.17 bits per heavy atom. The van der Waals surface area contributed by atoms with Crippen molar-refractivity contribution in [3.8, 4) is 0 Å². The largest absolute Gasteiger partial charge is 0.361 e. The number of nitrogens with one attached hydrogen (secondary N) is 2. The number of H-pyrrole nitrogens is 1. The molecule has 0 saturated carbocycles. The smallest absolute Gasteiger partial charge is 0.242 e. The van der Waals surface area contributed by atoms with Gasteiger partial charge >= 0.3 is 0 Å². The summed E-state index contributed by atoms with van der Waals surface area (Å²) in [6.07, 6.45) is 2.49. The molecule has 0 atom stereocenters. The molecular formula is C17H16Cl2N2O2S. The van der Waals surface area contributed by atoms with E-state index in [0.717, 1.165) is 22.0 Å². The second-order valence-corrected chi connectivity index (χ2v) is 8.11. The molecule has 0 saturated heterocycles. The zero-order valence-electron chi connectivity index (χ0n) is 12.9. The Bertz CT molecular complexity index is 997. The first kappa shape index (κ1) is 17.3. The minimum absolute atomic E-state index is 0.00793. The molecule has 0 unspecified atom stereocenters. The Hall–Kier alpha value is -1.53. The van der Waals surface area contributed by atoms with E-state index in [0.29, 0.717) is 11.4 Å². The maximum Gasteiger partial charge on any atom is 0.242 e. The molecule has 7 heteroatoms. The van der Waals surface area contributed by atoms with E-state index in [9.17, 15) is 8.42 Å². The maximum absolute atomic E-state index is 12.4. The zero-order valence-corrected chi connectivity index (χ0v) is 15.3. The molecule has 0 spiro atoms. The third-order valence-corrected chi connectivity index (χ3v) is 6.06. The number of aromatic nitrogens is 1. The van der Waals surface area contributed by atoms with Gasteiger partial charge in [-0.3, -0.25) is 0 Å². The molecule has 2 aromatic carbocycles. The van der Waals surface area contributed by atoms with Crippen LogP contribution >= 0.6 is 23.2 Å². The van der Waals surface area contributed by atoms with Gasteiger partial charge in [0.15, 0.2) is 0 Å². The van der Waals surface area contributed by atoms with Gasteiger partial charge < -0.3 is 4.98 Å². The molecule has 1 aromatic heterocycles. The number of fused-ring (bicyclic) bond motifs is 1. The number of aryl methyl sites for hydroxylation is 1. The minimum atomic E-state index is -3.70. The van der Waals surface area contributed by atoms with Crippen LogP contribution in [0.5, 0.6) is 0 Å². The van der Waals surface area contributed by atoms with E-state index >= 15 is 0 Å². The summed E-state index contributed by atoms with van der Waals surface area (Å²) in [7, 11) is -3.70. The molecule has 1 heterocycles. The van der Waals surface area contributed by atoms with E-state index in [4.69, 9.17) is 23.2 Å². The topological polar surface area (TPSA) is 62.0 Å². The highest BCUT2D eigenvalue weighted by Crippen LogP contribution is 2.25. The first-order valence-electron chi connectivity index (χ1n) is 7.39. The van der Waals surface area contributed by atoms with Crippen molar-refractivity contribution in [3.05, 3.63) is 63.8 Å². The lowest BCUT2D eigenvalue weighted by atomic mass is 10.1. The highest BCUT2D eigenvalue weighted by molar-refractivity contribution is 7.89. The van der Waals surface area contributed by atoms with Crippen LogP contribution in [-0.2, 0) is 16.4 Å². The van der Waals surface area contributed by atoms with Crippen LogP contribution in [0, 0.1) is 6.92 Å². The van der Waals surface area contributed by atoms with Crippen molar-refractivity contribution in [1.82, 2.24) is 9.71 Å². The van der Waals surface area contributed by atoms with Crippen LogP contribution in [0.2, 0.25) is 10.0 Å². The fraction of sp³-hybridized carbons (Fsp3) is 0.176. The summed E-state index contributed by atoms with van der Waals surface area (Å²) >= 11 is 11.8. The van der Waals surface area contributed by atoms with Crippen LogP contribution in [0.4, 0.5) is 0 Å². The van der Waals surface area contributed by atoms with Crippen molar-refractivity contribution in [2.75, 3.05) is 6.54 Å². The lowest BCUT2D eigenvalue weighted by Gasteiger charge is -2.08. The van der Waals surface area contributed by atoms with Crippen LogP contribution in [-0.4, -0.2) is 19.9 Å². The van der Waals surface area contributed by atoms with Crippen molar-refractivity contribution in [3.63, 3.8) is 0 Å². The number of sulfonamides is 1. The molecule has 0 amide bonds. The molecule has 0 bridgehead atoms. The van der Waals surface area contributed by atoms with Gasteiger partial charge in [0.1, 0.15) is 4.90 Å². The Morgan fingerprint density at radius 2 is 1.96 bits per heavy atom. The normalized spacial score (nSPS) is 12.0. The van der Waals surface area contributed by atoms with E-state index in [2.05, 4.69) is 9.71 Å². The van der Waals surface area contributed by atoms with Crippen LogP contribution in [0.25, 0.3) is 10.9 Å². The number of benzene rings is 2. The second kappa shape index (κ2) is 6.76. The van der Waals surface area contributed by atoms with Gasteiger partial charge in [-0.25, -0.2) is 13.1 Å². The van der Waals surface area contributed by atoms with Gasteiger partial charge in [-0.2, -0.15) is 0 Å². The molecule has 3 rings (SSSR count). The molecule has 2 N–H and O–H groups in total. The number of halogens is 2. The molecular weight excluding hydrogens is 367 g/mol. The number of rotatable bonds is 5. The monoisotopic (exact) mass is 382 g/mol. The van der Waals surface area contributed by atoms with Gasteiger partial charge in [0.05, 0.1) is 5.02 Å². The van der Waals surface area contributed by atoms with Crippen molar-refractivity contribution < 1.29 is 8.42 Å². The Labute approximate surface area is 150 Å². The quantitative estimate of drug-likeness (QED) is 0.690. The lowest BCUT2D eigenvalue weighted by Crippen LogP contribution is -2.26. The standard InChI is InChI=1S/C17H16Cl2N2O2S/c1-11-3-2-4-14-12(10-20-17(11)14)7-8-21-24(22,23)16-9-13(18)5-6-15(16)19/h2-6,9-10,20-21H,7-8H2,1H3. The summed E-state index contributed by atoms with van der Waals surface area (Å²) in [4.78, 5) is 3.23. The fourth-order valence-electron chi connectivity index (χ4n) is 2.65. The predicted molar refractivity (Wildman–Crippen MR) is 98.4 cm³/mol. The van der Waals surface area contributed by atoms with Gasteiger partial charge in [0.2, 0.25) is 10.0 Å². The molecule has 0 aliphatic rings. The average molecular weight is 383 g/mol. The molecule has 0 aliphatic heterocycles. The summed E-state index contributed by atoms with van der Waals surface area (Å²) in [5, 5.41) is 1.58. The Morgan fingerprint density at radius 3 is 2.75 bits per heavy atom. The fourth-order valence-corrected chi connectivity index (χ4v) is 4.44. The lowest BCUT2D eigenvalue weighted by molar-refractivity contribution is 0.582. The number of hydrogen-bond acceptors (Lipinski definition) is 2. The number of para-hydroxylation sites is 1. The van der Waals surface area contributed by atoms with Crippen LogP contribution in [0.1, 0.15) is 11.1 Å². The van der Waals surface area contributed by atoms with Gasteiger partial charge in [-0.05, 0) is 42.7 Å². The third kappa shape index (κ3) is 3.44. The number of aromatic amines is 1. The molecule has 0 radical (unpaired) electrons. The average Bonchev–Trinajstić information content (AvgIpc) is 2.94. The van der Waals surface area contributed by atoms with Crippen LogP contribution in [0.3, 0.4) is 0 Å². The van der Waals surface area contributed by atoms with E-state index in [-0.39, 0.29) is 16.5 Å². The van der Waals surface area contributed by atoms with Crippen LogP contribution < -0.4 is 4.72 Å². The predicted octanol–water partition coefficient (Wildman–Crippen LogP) is 4.30. The summed E-state index contributed by atoms with van der Waals surface area (Å²) in [5.74, 6) is 0. The molecule has 0 fully saturated rings. The first-order valence-corrected chi connectivity index (χ1v) is 9.63. The van der Waals surface area contributed by atoms with E-state index in [1.165, 1.54) is 12.1 Å². The molecule has 126 valence electrons. The van der Waals surface area contributed by atoms with Gasteiger partial charge in [-0.15, -0.1) is 0 Å². The zero-order chi connectivity index (χ0) is 17.3. The molecule has 3 aromatic rings. The van der Waals surface area contributed by atoms with E-state index in [1.807, 2.05) is 31.3 Å². The summed E-state index contributed by atoms with van der Waals surface area (Å²) in [5.41, 5.74) is 3.30. The highest BCUT2D eigenvalue weighted by Gasteiger charge is 2.18. The summed E-state index contributed by atoms with van der Waals surface area (Å²) in [6, 6.07) is 10.4. The van der Waals surface area contributed by atoms with Crippen molar-refractivity contribution in [2.24, 2.45) is 0 Å². The van der Waals surface area contributed by atoms with Crippen molar-refractivity contribution in [1.29, 1.82) is 0 Å². The summed E-state index contributed by atoms with van der Waals surface area (Å²) < 4.78 is 27.4. The number of hydrogen-bond donors (Lipinski definition) is 2. The molecule has 24 heavy (non-hydrogen) atoms. The van der Waals surface area contributed by atoms with E-state index in [1.54, 1.807) is 6.07 Å². The van der Waals surface area contributed by atoms with Crippen molar-refractivity contribution >= 4 is 44.1 Å². The molecule has 0 aliphatic carbocycles. The van der Waals surface area contributed by atoms with Crippen LogP contribution in [0.15, 0.2) is 47.5 Å². The maximum atomic E-state index is 12.4. The minimum Gasteiger partial charge on any atom is -0.361 e. The second-order valence-electron chi connectivity index (χ2n) is 5.53. The SMILES string of the molecule is Cc1cccc2c(CCNS(=O)(=O)c3cc(Cl)ccc3Cl)c[nH]c12. The molecule has 4 nitrogen and oxygen atoms in total. The highest BCUT2D eigenvalue weighted by atomic mass is 35.5. The van der Waals surface area contributed by atoms with Gasteiger partial charge in [0.25, 0.3) is 0 Å². The Kier molecular flexibility index (Phi) is 4.88. The Balaban J connectivity index is 1.75. The van der Waals surface area contributed by atoms with E-state index < -0.39 is 10.0 Å². The van der Waals surface area contributed by atoms with Gasteiger partial charge in [0, 0.05) is 28.7 Å². The first-order chi connectivity index (χ1) is 11.4. The van der Waals surface area contributed by atoms with Crippen molar-refractivity contribution in [2.45, 2.75) is 18.2 Å². The summed E-state index contributed by atoms with van der Waals surface area (Å²) in [6.45, 7) is 2.30. The third-order valence-electron chi connectivity index (χ3n) is 3.88.